The van der Waals surface area contributed by atoms with Gasteiger partial charge in [0.05, 0.1) is 10.7 Å². The fourth-order valence-corrected chi connectivity index (χ4v) is 1.98. The number of nitriles is 1. The van der Waals surface area contributed by atoms with Gasteiger partial charge in [-0.1, -0.05) is 5.16 Å². The van der Waals surface area contributed by atoms with E-state index in [1.807, 2.05) is 6.07 Å². The van der Waals surface area contributed by atoms with Gasteiger partial charge in [-0.3, -0.25) is 0 Å². The molecular weight excluding hydrogens is 226 g/mol. The minimum atomic E-state index is 0.507. The van der Waals surface area contributed by atoms with E-state index >= 15 is 0 Å². The first kappa shape index (κ1) is 10.4. The van der Waals surface area contributed by atoms with Crippen LogP contribution in [0.3, 0.4) is 0 Å². The second-order valence-electron chi connectivity index (χ2n) is 3.02. The number of nitrogens with zero attached hydrogens (tertiary/aromatic N) is 3. The van der Waals surface area contributed by atoms with Crippen molar-refractivity contribution in [3.8, 4) is 6.07 Å². The molecule has 0 saturated carbocycles. The SMILES string of the molecule is N#Cc1sc(NCCc2ncno2)cc1N. The molecule has 0 unspecified atom stereocenters. The predicted molar refractivity (Wildman–Crippen MR) is 59.9 cm³/mol. The molecule has 2 aromatic rings. The highest BCUT2D eigenvalue weighted by molar-refractivity contribution is 7.17. The first-order valence-corrected chi connectivity index (χ1v) is 5.40. The van der Waals surface area contributed by atoms with Gasteiger partial charge in [0.1, 0.15) is 10.9 Å². The molecular formula is C9H9N5OS. The Balaban J connectivity index is 1.88. The van der Waals surface area contributed by atoms with E-state index < -0.39 is 0 Å². The van der Waals surface area contributed by atoms with Gasteiger partial charge in [0.2, 0.25) is 5.89 Å². The summed E-state index contributed by atoms with van der Waals surface area (Å²) >= 11 is 1.33. The average molecular weight is 235 g/mol. The minimum absolute atomic E-state index is 0.507. The third-order valence-corrected chi connectivity index (χ3v) is 2.92. The summed E-state index contributed by atoms with van der Waals surface area (Å²) in [5, 5.41) is 16.2. The molecule has 0 radical (unpaired) electrons. The van der Waals surface area contributed by atoms with Crippen molar-refractivity contribution >= 4 is 22.0 Å². The van der Waals surface area contributed by atoms with E-state index in [0.29, 0.717) is 29.4 Å². The van der Waals surface area contributed by atoms with E-state index in [9.17, 15) is 0 Å². The van der Waals surface area contributed by atoms with Crippen LogP contribution >= 0.6 is 11.3 Å². The molecule has 2 heterocycles. The molecule has 0 atom stereocenters. The zero-order valence-electron chi connectivity index (χ0n) is 8.30. The number of hydrogen-bond donors (Lipinski definition) is 2. The monoisotopic (exact) mass is 235 g/mol. The van der Waals surface area contributed by atoms with Crippen LogP contribution in [0.15, 0.2) is 16.9 Å². The van der Waals surface area contributed by atoms with Crippen LogP contribution in [0.25, 0.3) is 0 Å². The van der Waals surface area contributed by atoms with E-state index in [0.717, 1.165) is 5.00 Å². The normalized spacial score (nSPS) is 9.94. The topological polar surface area (TPSA) is 101 Å². The number of hydrogen-bond acceptors (Lipinski definition) is 7. The van der Waals surface area contributed by atoms with Gasteiger partial charge in [-0.05, 0) is 6.07 Å². The Labute approximate surface area is 95.7 Å². The van der Waals surface area contributed by atoms with Crippen molar-refractivity contribution < 1.29 is 4.52 Å². The number of aromatic nitrogens is 2. The van der Waals surface area contributed by atoms with Crippen LogP contribution in [0.1, 0.15) is 10.8 Å². The summed E-state index contributed by atoms with van der Waals surface area (Å²) in [5.41, 5.74) is 6.13. The molecule has 0 aromatic carbocycles. The minimum Gasteiger partial charge on any atom is -0.397 e. The molecule has 0 bridgehead atoms. The van der Waals surface area contributed by atoms with Crippen LogP contribution in [0, 0.1) is 11.3 Å². The molecule has 0 aliphatic heterocycles. The van der Waals surface area contributed by atoms with Gasteiger partial charge >= 0.3 is 0 Å². The number of nitrogen functional groups attached to an aromatic ring is 1. The van der Waals surface area contributed by atoms with E-state index in [2.05, 4.69) is 15.5 Å². The van der Waals surface area contributed by atoms with Gasteiger partial charge in [0.25, 0.3) is 0 Å². The third-order valence-electron chi connectivity index (χ3n) is 1.91. The summed E-state index contributed by atoms with van der Waals surface area (Å²) in [6.07, 6.45) is 2.01. The lowest BCUT2D eigenvalue weighted by Gasteiger charge is -1.98. The van der Waals surface area contributed by atoms with Crippen LogP contribution in [0.2, 0.25) is 0 Å². The number of anilines is 2. The summed E-state index contributed by atoms with van der Waals surface area (Å²) in [6.45, 7) is 0.660. The standard InChI is InChI=1S/C9H9N5OS/c10-4-7-6(11)3-9(16-7)12-2-1-8-13-5-14-15-8/h3,5,12H,1-2,11H2. The Morgan fingerprint density at radius 1 is 1.62 bits per heavy atom. The largest absolute Gasteiger partial charge is 0.397 e. The van der Waals surface area contributed by atoms with E-state index in [-0.39, 0.29) is 0 Å². The maximum Gasteiger partial charge on any atom is 0.228 e. The van der Waals surface area contributed by atoms with Gasteiger partial charge in [-0.25, -0.2) is 0 Å². The second kappa shape index (κ2) is 4.63. The lowest BCUT2D eigenvalue weighted by molar-refractivity contribution is 0.380. The van der Waals surface area contributed by atoms with Crippen molar-refractivity contribution in [1.29, 1.82) is 5.26 Å². The zero-order chi connectivity index (χ0) is 11.4. The highest BCUT2D eigenvalue weighted by Gasteiger charge is 2.05. The van der Waals surface area contributed by atoms with Crippen LogP contribution < -0.4 is 11.1 Å². The van der Waals surface area contributed by atoms with Crippen molar-refractivity contribution in [2.45, 2.75) is 6.42 Å². The third kappa shape index (κ3) is 2.29. The van der Waals surface area contributed by atoms with Crippen molar-refractivity contribution in [3.63, 3.8) is 0 Å². The van der Waals surface area contributed by atoms with Crippen molar-refractivity contribution in [1.82, 2.24) is 10.1 Å². The molecule has 16 heavy (non-hydrogen) atoms. The van der Waals surface area contributed by atoms with Gasteiger partial charge in [-0.2, -0.15) is 10.2 Å². The predicted octanol–water partition coefficient (Wildman–Crippen LogP) is 1.24. The summed E-state index contributed by atoms with van der Waals surface area (Å²) in [4.78, 5) is 4.42. The summed E-state index contributed by atoms with van der Waals surface area (Å²) in [5.74, 6) is 0.581. The Bertz CT molecular complexity index is 498. The molecule has 0 aliphatic rings. The highest BCUT2D eigenvalue weighted by atomic mass is 32.1. The average Bonchev–Trinajstić information content (AvgIpc) is 2.88. The lowest BCUT2D eigenvalue weighted by Crippen LogP contribution is -2.03. The maximum absolute atomic E-state index is 8.73. The molecule has 0 spiro atoms. The van der Waals surface area contributed by atoms with Crippen molar-refractivity contribution in [2.24, 2.45) is 0 Å². The fraction of sp³-hybridized carbons (Fsp3) is 0.222. The number of nitrogens with one attached hydrogen (secondary N) is 1. The quantitative estimate of drug-likeness (QED) is 0.826. The van der Waals surface area contributed by atoms with Crippen LogP contribution in [-0.4, -0.2) is 16.7 Å². The number of rotatable bonds is 4. The highest BCUT2D eigenvalue weighted by Crippen LogP contribution is 2.27. The second-order valence-corrected chi connectivity index (χ2v) is 4.07. The first-order valence-electron chi connectivity index (χ1n) is 4.58. The first-order chi connectivity index (χ1) is 7.79. The number of thiophene rings is 1. The zero-order valence-corrected chi connectivity index (χ0v) is 9.12. The summed E-state index contributed by atoms with van der Waals surface area (Å²) in [7, 11) is 0. The van der Waals surface area contributed by atoms with Crippen LogP contribution in [0.4, 0.5) is 10.7 Å². The maximum atomic E-state index is 8.73. The molecule has 7 heteroatoms. The molecule has 0 amide bonds. The Hall–Kier alpha value is -2.07. The molecule has 2 aromatic heterocycles. The lowest BCUT2D eigenvalue weighted by atomic mass is 10.4. The molecule has 2 rings (SSSR count). The molecule has 6 nitrogen and oxygen atoms in total. The Kier molecular flexibility index (Phi) is 3.03. The number of nitrogens with two attached hydrogens (primary N) is 1. The van der Waals surface area contributed by atoms with E-state index in [1.165, 1.54) is 17.7 Å². The van der Waals surface area contributed by atoms with Crippen molar-refractivity contribution in [3.05, 3.63) is 23.2 Å². The smallest absolute Gasteiger partial charge is 0.228 e. The molecule has 0 fully saturated rings. The molecule has 0 saturated heterocycles. The van der Waals surface area contributed by atoms with Gasteiger partial charge in [0.15, 0.2) is 6.33 Å². The Morgan fingerprint density at radius 2 is 2.50 bits per heavy atom. The van der Waals surface area contributed by atoms with Crippen LogP contribution in [-0.2, 0) is 6.42 Å². The molecule has 82 valence electrons. The molecule has 3 N–H and O–H groups in total. The van der Waals surface area contributed by atoms with Gasteiger partial charge in [-0.15, -0.1) is 11.3 Å². The van der Waals surface area contributed by atoms with Crippen LogP contribution in [0.5, 0.6) is 0 Å². The van der Waals surface area contributed by atoms with Gasteiger partial charge in [0, 0.05) is 13.0 Å². The van der Waals surface area contributed by atoms with E-state index in [4.69, 9.17) is 15.5 Å². The van der Waals surface area contributed by atoms with E-state index in [1.54, 1.807) is 6.07 Å². The fourth-order valence-electron chi connectivity index (χ4n) is 1.18. The summed E-state index contributed by atoms with van der Waals surface area (Å²) in [6, 6.07) is 3.78. The van der Waals surface area contributed by atoms with Gasteiger partial charge < -0.3 is 15.6 Å². The Morgan fingerprint density at radius 3 is 3.12 bits per heavy atom. The summed E-state index contributed by atoms with van der Waals surface area (Å²) < 4.78 is 4.85. The van der Waals surface area contributed by atoms with Crippen molar-refractivity contribution in [2.75, 3.05) is 17.6 Å². The molecule has 0 aliphatic carbocycles.